The van der Waals surface area contributed by atoms with E-state index in [1.807, 2.05) is 31.2 Å². The summed E-state index contributed by atoms with van der Waals surface area (Å²) in [5.41, 5.74) is 1.61. The smallest absolute Gasteiger partial charge is 0.269 e. The number of nitrogens with zero attached hydrogens (tertiary/aromatic N) is 3. The lowest BCUT2D eigenvalue weighted by Crippen LogP contribution is -2.52. The highest BCUT2D eigenvalue weighted by molar-refractivity contribution is 7.92. The van der Waals surface area contributed by atoms with Crippen LogP contribution in [0.1, 0.15) is 31.4 Å². The third-order valence-corrected chi connectivity index (χ3v) is 8.09. The van der Waals surface area contributed by atoms with Gasteiger partial charge < -0.3 is 10.2 Å². The molecule has 0 saturated heterocycles. The van der Waals surface area contributed by atoms with Crippen molar-refractivity contribution in [3.8, 4) is 0 Å². The van der Waals surface area contributed by atoms with Crippen LogP contribution in [0.5, 0.6) is 0 Å². The molecule has 3 aromatic rings. The first kappa shape index (κ1) is 29.3. The molecule has 0 heterocycles. The Kier molecular flexibility index (Phi) is 9.78. The first-order valence-corrected chi connectivity index (χ1v) is 14.0. The normalized spacial score (nSPS) is 11.9. The quantitative estimate of drug-likeness (QED) is 0.267. The van der Waals surface area contributed by atoms with E-state index in [1.165, 1.54) is 41.3 Å². The summed E-state index contributed by atoms with van der Waals surface area (Å²) in [6.45, 7) is 5.32. The number of nitrogens with one attached hydrogen (secondary N) is 1. The zero-order valence-electron chi connectivity index (χ0n) is 22.1. The lowest BCUT2D eigenvalue weighted by atomic mass is 10.1. The number of hydrogen-bond donors (Lipinski definition) is 1. The molecule has 0 spiro atoms. The Bertz CT molecular complexity index is 1410. The second-order valence-electron chi connectivity index (χ2n) is 8.86. The van der Waals surface area contributed by atoms with Crippen LogP contribution in [0.15, 0.2) is 83.8 Å². The molecule has 3 aromatic carbocycles. The summed E-state index contributed by atoms with van der Waals surface area (Å²) in [5.74, 6) is -0.927. The second-order valence-corrected chi connectivity index (χ2v) is 10.7. The van der Waals surface area contributed by atoms with Gasteiger partial charge in [0.2, 0.25) is 11.8 Å². The Labute approximate surface area is 228 Å². The highest BCUT2D eigenvalue weighted by Crippen LogP contribution is 2.27. The molecule has 2 amide bonds. The van der Waals surface area contributed by atoms with E-state index in [0.29, 0.717) is 13.0 Å². The number of nitro benzene ring substituents is 1. The fraction of sp³-hybridized carbons (Fsp3) is 0.286. The van der Waals surface area contributed by atoms with Crippen LogP contribution >= 0.6 is 0 Å². The molecule has 0 aliphatic rings. The van der Waals surface area contributed by atoms with Crippen LogP contribution in [0.2, 0.25) is 0 Å². The summed E-state index contributed by atoms with van der Waals surface area (Å²) < 4.78 is 28.4. The topological polar surface area (TPSA) is 130 Å². The maximum atomic E-state index is 13.9. The van der Waals surface area contributed by atoms with Gasteiger partial charge in [0, 0.05) is 25.2 Å². The van der Waals surface area contributed by atoms with Crippen molar-refractivity contribution in [2.75, 3.05) is 17.4 Å². The number of carbonyl (C=O) groups excluding carboxylic acids is 2. The van der Waals surface area contributed by atoms with Crippen molar-refractivity contribution in [3.05, 3.63) is 100 Å². The van der Waals surface area contributed by atoms with Gasteiger partial charge in [0.05, 0.1) is 15.5 Å². The average molecular weight is 553 g/mol. The van der Waals surface area contributed by atoms with Crippen LogP contribution in [0.4, 0.5) is 11.4 Å². The molecule has 0 aromatic heterocycles. The number of aryl methyl sites for hydroxylation is 1. The molecule has 0 aliphatic carbocycles. The zero-order chi connectivity index (χ0) is 28.6. The summed E-state index contributed by atoms with van der Waals surface area (Å²) >= 11 is 0. The van der Waals surface area contributed by atoms with Gasteiger partial charge >= 0.3 is 0 Å². The third kappa shape index (κ3) is 6.99. The van der Waals surface area contributed by atoms with Crippen LogP contribution in [-0.2, 0) is 26.2 Å². The highest BCUT2D eigenvalue weighted by Gasteiger charge is 2.33. The molecular weight excluding hydrogens is 520 g/mol. The van der Waals surface area contributed by atoms with E-state index in [1.54, 1.807) is 32.0 Å². The molecule has 0 fully saturated rings. The van der Waals surface area contributed by atoms with Crippen molar-refractivity contribution in [2.24, 2.45) is 0 Å². The minimum atomic E-state index is -4.24. The number of anilines is 1. The van der Waals surface area contributed by atoms with Gasteiger partial charge in [-0.05, 0) is 55.7 Å². The maximum absolute atomic E-state index is 13.9. The van der Waals surface area contributed by atoms with Gasteiger partial charge in [-0.25, -0.2) is 8.42 Å². The van der Waals surface area contributed by atoms with Crippen molar-refractivity contribution < 1.29 is 22.9 Å². The van der Waals surface area contributed by atoms with E-state index < -0.39 is 33.4 Å². The van der Waals surface area contributed by atoms with E-state index >= 15 is 0 Å². The monoisotopic (exact) mass is 552 g/mol. The molecule has 206 valence electrons. The number of hydrogen-bond acceptors (Lipinski definition) is 6. The fourth-order valence-corrected chi connectivity index (χ4v) is 5.61. The maximum Gasteiger partial charge on any atom is 0.269 e. The predicted molar refractivity (Wildman–Crippen MR) is 149 cm³/mol. The fourth-order valence-electron chi connectivity index (χ4n) is 4.17. The van der Waals surface area contributed by atoms with E-state index in [0.717, 1.165) is 15.4 Å². The molecule has 0 radical (unpaired) electrons. The van der Waals surface area contributed by atoms with Crippen LogP contribution in [0.3, 0.4) is 0 Å². The molecule has 1 N–H and O–H groups in total. The van der Waals surface area contributed by atoms with E-state index in [-0.39, 0.29) is 28.7 Å². The Morgan fingerprint density at radius 3 is 2.13 bits per heavy atom. The molecule has 1 atom stereocenters. The number of nitro groups is 1. The summed E-state index contributed by atoms with van der Waals surface area (Å²) in [5, 5.41) is 13.9. The summed E-state index contributed by atoms with van der Waals surface area (Å²) in [7, 11) is -4.24. The first-order chi connectivity index (χ1) is 18.6. The van der Waals surface area contributed by atoms with Crippen LogP contribution in [-0.4, -0.2) is 49.2 Å². The van der Waals surface area contributed by atoms with E-state index in [9.17, 15) is 28.1 Å². The molecule has 0 aliphatic heterocycles. The van der Waals surface area contributed by atoms with Crippen LogP contribution < -0.4 is 9.62 Å². The lowest BCUT2D eigenvalue weighted by Gasteiger charge is -2.33. The summed E-state index contributed by atoms with van der Waals surface area (Å²) in [4.78, 5) is 38.8. The number of non-ortho nitro benzene ring substituents is 1. The highest BCUT2D eigenvalue weighted by atomic mass is 32.2. The van der Waals surface area contributed by atoms with Crippen molar-refractivity contribution in [3.63, 3.8) is 0 Å². The van der Waals surface area contributed by atoms with Gasteiger partial charge in [-0.3, -0.25) is 24.0 Å². The summed E-state index contributed by atoms with van der Waals surface area (Å²) in [6.07, 6.45) is 0.312. The Morgan fingerprint density at radius 1 is 0.949 bits per heavy atom. The molecule has 39 heavy (non-hydrogen) atoms. The number of amides is 2. The zero-order valence-corrected chi connectivity index (χ0v) is 22.9. The van der Waals surface area contributed by atoms with Gasteiger partial charge in [0.15, 0.2) is 0 Å². The minimum Gasteiger partial charge on any atom is -0.355 e. The Morgan fingerprint density at radius 2 is 1.56 bits per heavy atom. The molecule has 3 rings (SSSR count). The van der Waals surface area contributed by atoms with Crippen molar-refractivity contribution in [2.45, 2.75) is 44.7 Å². The number of likely N-dealkylation sites (N-methyl/N-ethyl adjacent to an activating group) is 1. The largest absolute Gasteiger partial charge is 0.355 e. The van der Waals surface area contributed by atoms with Crippen LogP contribution in [0, 0.1) is 17.0 Å². The standard InChI is InChI=1S/C28H32N4O6S/c1-4-26(28(34)29-5-2)30(19-22-12-10-9-11-21(22)3)27(33)20-31(23-15-17-24(18-16-23)32(35)36)39(37,38)25-13-7-6-8-14-25/h6-18,26H,4-5,19-20H2,1-3H3,(H,29,34)/t26-/m1/s1. The average Bonchev–Trinajstić information content (AvgIpc) is 2.93. The molecule has 0 saturated carbocycles. The number of rotatable bonds is 12. The molecule has 10 nitrogen and oxygen atoms in total. The Balaban J connectivity index is 2.08. The summed E-state index contributed by atoms with van der Waals surface area (Å²) in [6, 6.07) is 19.2. The van der Waals surface area contributed by atoms with Gasteiger partial charge in [0.1, 0.15) is 12.6 Å². The van der Waals surface area contributed by atoms with Crippen molar-refractivity contribution >= 4 is 33.2 Å². The number of carbonyl (C=O) groups is 2. The first-order valence-electron chi connectivity index (χ1n) is 12.5. The van der Waals surface area contributed by atoms with Crippen molar-refractivity contribution in [1.82, 2.24) is 10.2 Å². The van der Waals surface area contributed by atoms with E-state index in [4.69, 9.17) is 0 Å². The van der Waals surface area contributed by atoms with Gasteiger partial charge in [-0.1, -0.05) is 49.4 Å². The van der Waals surface area contributed by atoms with E-state index in [2.05, 4.69) is 5.32 Å². The van der Waals surface area contributed by atoms with Gasteiger partial charge in [-0.2, -0.15) is 0 Å². The number of sulfonamides is 1. The minimum absolute atomic E-state index is 0.0441. The third-order valence-electron chi connectivity index (χ3n) is 6.30. The predicted octanol–water partition coefficient (Wildman–Crippen LogP) is 4.04. The van der Waals surface area contributed by atoms with Crippen LogP contribution in [0.25, 0.3) is 0 Å². The molecule has 11 heteroatoms. The van der Waals surface area contributed by atoms with Gasteiger partial charge in [0.25, 0.3) is 15.7 Å². The number of benzene rings is 3. The second kappa shape index (κ2) is 13.0. The molecule has 0 bridgehead atoms. The SMILES string of the molecule is CCNC(=O)[C@@H](CC)N(Cc1ccccc1C)C(=O)CN(c1ccc([N+](=O)[O-])cc1)S(=O)(=O)c1ccccc1. The lowest BCUT2D eigenvalue weighted by molar-refractivity contribution is -0.384. The van der Waals surface area contributed by atoms with Crippen molar-refractivity contribution in [1.29, 1.82) is 0 Å². The van der Waals surface area contributed by atoms with Gasteiger partial charge in [-0.15, -0.1) is 0 Å². The molecular formula is C28H32N4O6S. The Hall–Kier alpha value is -4.25. The molecule has 0 unspecified atom stereocenters.